The van der Waals surface area contributed by atoms with Crippen LogP contribution in [0.15, 0.2) is 42.5 Å². The Morgan fingerprint density at radius 2 is 1.61 bits per heavy atom. The molecule has 0 aliphatic heterocycles. The molecule has 0 saturated heterocycles. The van der Waals surface area contributed by atoms with E-state index >= 15 is 0 Å². The Morgan fingerprint density at radius 1 is 1.04 bits per heavy atom. The van der Waals surface area contributed by atoms with Crippen molar-refractivity contribution in [2.24, 2.45) is 0 Å². The third-order valence-corrected chi connectivity index (χ3v) is 5.16. The number of halogens is 2. The molecule has 5 heteroatoms. The van der Waals surface area contributed by atoms with Crippen LogP contribution >= 0.6 is 23.2 Å². The van der Waals surface area contributed by atoms with Gasteiger partial charge < -0.3 is 10.0 Å². The monoisotopic (exact) mass is 349 g/mol. The first kappa shape index (κ1) is 16.2. The maximum atomic E-state index is 12.0. The molecule has 0 aromatic heterocycles. The Morgan fingerprint density at radius 3 is 2.13 bits per heavy atom. The summed E-state index contributed by atoms with van der Waals surface area (Å²) in [6.07, 6.45) is 4.70. The van der Waals surface area contributed by atoms with Gasteiger partial charge in [0.05, 0.1) is 15.6 Å². The summed E-state index contributed by atoms with van der Waals surface area (Å²) in [5, 5.41) is 10.0. The standard InChI is InChI=1S/C18H17Cl2NO2/c19-15-10-14(11-16(20)17(15)23)21(12-22)18(8-4-5-9-18)13-6-2-1-3-7-13/h1-3,6-7,10-12,23H,4-5,8-9H2. The number of nitrogens with zero attached hydrogens (tertiary/aromatic N) is 1. The van der Waals surface area contributed by atoms with E-state index in [-0.39, 0.29) is 15.8 Å². The van der Waals surface area contributed by atoms with E-state index in [1.165, 1.54) is 0 Å². The van der Waals surface area contributed by atoms with Gasteiger partial charge in [-0.1, -0.05) is 66.4 Å². The third-order valence-electron chi connectivity index (χ3n) is 4.59. The smallest absolute Gasteiger partial charge is 0.214 e. The first-order chi connectivity index (χ1) is 11.1. The summed E-state index contributed by atoms with van der Waals surface area (Å²) in [7, 11) is 0. The summed E-state index contributed by atoms with van der Waals surface area (Å²) in [6, 6.07) is 13.2. The number of carbonyl (C=O) groups is 1. The van der Waals surface area contributed by atoms with Crippen molar-refractivity contribution in [3.63, 3.8) is 0 Å². The molecule has 0 spiro atoms. The van der Waals surface area contributed by atoms with E-state index in [4.69, 9.17) is 23.2 Å². The largest absolute Gasteiger partial charge is 0.505 e. The van der Waals surface area contributed by atoms with Crippen molar-refractivity contribution in [1.82, 2.24) is 0 Å². The number of hydrogen-bond donors (Lipinski definition) is 1. The first-order valence-corrected chi connectivity index (χ1v) is 8.32. The molecule has 0 radical (unpaired) electrons. The Labute approximate surface area is 145 Å². The fourth-order valence-corrected chi connectivity index (χ4v) is 3.95. The zero-order valence-corrected chi connectivity index (χ0v) is 14.0. The summed E-state index contributed by atoms with van der Waals surface area (Å²) in [4.78, 5) is 13.7. The molecule has 0 atom stereocenters. The van der Waals surface area contributed by atoms with Gasteiger partial charge in [-0.2, -0.15) is 0 Å². The second kappa shape index (κ2) is 6.42. The van der Waals surface area contributed by atoms with Crippen LogP contribution in [0.2, 0.25) is 10.0 Å². The normalized spacial score (nSPS) is 16.3. The lowest BCUT2D eigenvalue weighted by Crippen LogP contribution is -2.43. The number of phenols is 1. The summed E-state index contributed by atoms with van der Waals surface area (Å²) >= 11 is 12.1. The van der Waals surface area contributed by atoms with Gasteiger partial charge in [-0.05, 0) is 30.5 Å². The van der Waals surface area contributed by atoms with Gasteiger partial charge in [-0.15, -0.1) is 0 Å². The highest BCUT2D eigenvalue weighted by Crippen LogP contribution is 2.47. The SMILES string of the molecule is O=CN(c1cc(Cl)c(O)c(Cl)c1)C1(c2ccccc2)CCCC1. The van der Waals surface area contributed by atoms with Gasteiger partial charge in [0.15, 0.2) is 5.75 Å². The van der Waals surface area contributed by atoms with E-state index in [1.54, 1.807) is 17.0 Å². The molecule has 1 amide bonds. The lowest BCUT2D eigenvalue weighted by Gasteiger charge is -2.39. The van der Waals surface area contributed by atoms with Crippen molar-refractivity contribution in [2.75, 3.05) is 4.90 Å². The molecule has 1 aliphatic carbocycles. The molecule has 1 saturated carbocycles. The number of benzene rings is 2. The summed E-state index contributed by atoms with van der Waals surface area (Å²) in [6.45, 7) is 0. The van der Waals surface area contributed by atoms with E-state index < -0.39 is 5.54 Å². The second-order valence-electron chi connectivity index (χ2n) is 5.84. The fraction of sp³-hybridized carbons (Fsp3) is 0.278. The molecular weight excluding hydrogens is 333 g/mol. The van der Waals surface area contributed by atoms with Crippen LogP contribution in [0.1, 0.15) is 31.2 Å². The van der Waals surface area contributed by atoms with Crippen molar-refractivity contribution in [3.05, 3.63) is 58.1 Å². The molecule has 1 fully saturated rings. The number of amides is 1. The molecule has 0 bridgehead atoms. The van der Waals surface area contributed by atoms with E-state index in [0.717, 1.165) is 37.7 Å². The number of hydrogen-bond acceptors (Lipinski definition) is 2. The maximum absolute atomic E-state index is 12.0. The van der Waals surface area contributed by atoms with E-state index in [2.05, 4.69) is 0 Å². The number of rotatable bonds is 4. The van der Waals surface area contributed by atoms with E-state index in [1.807, 2.05) is 30.3 Å². The second-order valence-corrected chi connectivity index (χ2v) is 6.65. The summed E-state index contributed by atoms with van der Waals surface area (Å²) in [5.41, 5.74) is 1.30. The predicted octanol–water partition coefficient (Wildman–Crippen LogP) is 5.13. The Hall–Kier alpha value is -1.71. The van der Waals surface area contributed by atoms with Gasteiger partial charge in [0.2, 0.25) is 6.41 Å². The van der Waals surface area contributed by atoms with Crippen molar-refractivity contribution < 1.29 is 9.90 Å². The van der Waals surface area contributed by atoms with Gasteiger partial charge >= 0.3 is 0 Å². The lowest BCUT2D eigenvalue weighted by molar-refractivity contribution is -0.108. The van der Waals surface area contributed by atoms with Gasteiger partial charge in [0, 0.05) is 5.69 Å². The third kappa shape index (κ3) is 2.79. The van der Waals surface area contributed by atoms with E-state index in [9.17, 15) is 9.90 Å². The van der Waals surface area contributed by atoms with Crippen LogP contribution in [0.5, 0.6) is 5.75 Å². The Bertz CT molecular complexity index is 689. The lowest BCUT2D eigenvalue weighted by atomic mass is 9.86. The van der Waals surface area contributed by atoms with Gasteiger partial charge in [0.1, 0.15) is 0 Å². The van der Waals surface area contributed by atoms with Crippen LogP contribution in [0.25, 0.3) is 0 Å². The number of aromatic hydroxyl groups is 1. The molecule has 3 nitrogen and oxygen atoms in total. The van der Waals surface area contributed by atoms with Gasteiger partial charge in [-0.25, -0.2) is 0 Å². The Kier molecular flexibility index (Phi) is 4.51. The van der Waals surface area contributed by atoms with Crippen LogP contribution in [0.3, 0.4) is 0 Å². The highest BCUT2D eigenvalue weighted by atomic mass is 35.5. The van der Waals surface area contributed by atoms with Gasteiger partial charge in [-0.3, -0.25) is 4.79 Å². The molecule has 23 heavy (non-hydrogen) atoms. The molecule has 0 unspecified atom stereocenters. The highest BCUT2D eigenvalue weighted by molar-refractivity contribution is 6.37. The molecule has 120 valence electrons. The molecule has 2 aromatic rings. The number of anilines is 1. The molecular formula is C18H17Cl2NO2. The van der Waals surface area contributed by atoms with Crippen LogP contribution in [0, 0.1) is 0 Å². The van der Waals surface area contributed by atoms with Crippen LogP contribution in [0.4, 0.5) is 5.69 Å². The number of carbonyl (C=O) groups excluding carboxylic acids is 1. The average Bonchev–Trinajstić information content (AvgIpc) is 3.05. The topological polar surface area (TPSA) is 40.5 Å². The minimum Gasteiger partial charge on any atom is -0.505 e. The molecule has 0 heterocycles. The van der Waals surface area contributed by atoms with Gasteiger partial charge in [0.25, 0.3) is 0 Å². The zero-order valence-electron chi connectivity index (χ0n) is 12.5. The van der Waals surface area contributed by atoms with Crippen molar-refractivity contribution >= 4 is 35.3 Å². The predicted molar refractivity (Wildman–Crippen MR) is 93.3 cm³/mol. The molecule has 3 rings (SSSR count). The minimum absolute atomic E-state index is 0.139. The van der Waals surface area contributed by atoms with Crippen LogP contribution < -0.4 is 4.90 Å². The molecule has 1 N–H and O–H groups in total. The fourth-order valence-electron chi connectivity index (χ4n) is 3.48. The maximum Gasteiger partial charge on any atom is 0.214 e. The molecule has 1 aliphatic rings. The summed E-state index contributed by atoms with van der Waals surface area (Å²) < 4.78 is 0. The van der Waals surface area contributed by atoms with Crippen LogP contribution in [-0.4, -0.2) is 11.5 Å². The first-order valence-electron chi connectivity index (χ1n) is 7.57. The van der Waals surface area contributed by atoms with E-state index in [0.29, 0.717) is 5.69 Å². The summed E-state index contributed by atoms with van der Waals surface area (Å²) in [5.74, 6) is -0.164. The zero-order chi connectivity index (χ0) is 16.4. The van der Waals surface area contributed by atoms with Crippen molar-refractivity contribution in [3.8, 4) is 5.75 Å². The quantitative estimate of drug-likeness (QED) is 0.777. The Balaban J connectivity index is 2.13. The molecule has 2 aromatic carbocycles. The minimum atomic E-state index is -0.396. The number of phenolic OH excluding ortho intramolecular Hbond substituents is 1. The van der Waals surface area contributed by atoms with Crippen molar-refractivity contribution in [1.29, 1.82) is 0 Å². The van der Waals surface area contributed by atoms with Crippen LogP contribution in [-0.2, 0) is 10.3 Å². The average molecular weight is 350 g/mol. The van der Waals surface area contributed by atoms with Crippen molar-refractivity contribution in [2.45, 2.75) is 31.2 Å². The highest BCUT2D eigenvalue weighted by Gasteiger charge is 2.41.